The van der Waals surface area contributed by atoms with E-state index in [-0.39, 0.29) is 0 Å². The SMILES string of the molecule is CCCC(CCC)c1c(C)nc(C)c(C)c1C. The highest BCUT2D eigenvalue weighted by Crippen LogP contribution is 2.32. The summed E-state index contributed by atoms with van der Waals surface area (Å²) in [6.45, 7) is 13.3. The molecule has 0 N–H and O–H groups in total. The second-order valence-electron chi connectivity index (χ2n) is 5.22. The topological polar surface area (TPSA) is 12.9 Å². The van der Waals surface area contributed by atoms with E-state index in [0.717, 1.165) is 0 Å². The Hall–Kier alpha value is -0.850. The van der Waals surface area contributed by atoms with Crippen LogP contribution in [0.1, 0.15) is 73.5 Å². The lowest BCUT2D eigenvalue weighted by Crippen LogP contribution is -2.08. The molecule has 1 aromatic heterocycles. The van der Waals surface area contributed by atoms with E-state index < -0.39 is 0 Å². The summed E-state index contributed by atoms with van der Waals surface area (Å²) in [6.07, 6.45) is 5.10. The third-order valence-corrected chi connectivity index (χ3v) is 3.92. The molecule has 0 amide bonds. The molecule has 0 aliphatic heterocycles. The predicted molar refractivity (Wildman–Crippen MR) is 75.7 cm³/mol. The first-order valence-corrected chi connectivity index (χ1v) is 6.97. The fourth-order valence-corrected chi connectivity index (χ4v) is 2.87. The lowest BCUT2D eigenvalue weighted by atomic mass is 9.85. The quantitative estimate of drug-likeness (QED) is 0.697. The minimum atomic E-state index is 0.705. The number of aryl methyl sites for hydroxylation is 2. The van der Waals surface area contributed by atoms with Crippen molar-refractivity contribution < 1.29 is 0 Å². The van der Waals surface area contributed by atoms with Gasteiger partial charge in [-0.15, -0.1) is 0 Å². The minimum absolute atomic E-state index is 0.705. The zero-order valence-electron chi connectivity index (χ0n) is 12.4. The van der Waals surface area contributed by atoms with Crippen molar-refractivity contribution in [1.82, 2.24) is 4.98 Å². The molecule has 1 rings (SSSR count). The predicted octanol–water partition coefficient (Wildman–Crippen LogP) is 5.00. The Morgan fingerprint density at radius 3 is 1.82 bits per heavy atom. The largest absolute Gasteiger partial charge is 0.258 e. The molecular weight excluding hydrogens is 206 g/mol. The number of rotatable bonds is 5. The summed E-state index contributed by atoms with van der Waals surface area (Å²) in [5.74, 6) is 0.705. The van der Waals surface area contributed by atoms with E-state index in [4.69, 9.17) is 4.98 Å². The zero-order chi connectivity index (χ0) is 13.0. The molecule has 1 nitrogen and oxygen atoms in total. The van der Waals surface area contributed by atoms with E-state index in [1.54, 1.807) is 0 Å². The van der Waals surface area contributed by atoms with E-state index in [2.05, 4.69) is 41.5 Å². The van der Waals surface area contributed by atoms with Crippen LogP contribution in [0.4, 0.5) is 0 Å². The van der Waals surface area contributed by atoms with Gasteiger partial charge < -0.3 is 0 Å². The average molecular weight is 233 g/mol. The molecule has 0 aromatic carbocycles. The highest BCUT2D eigenvalue weighted by Gasteiger charge is 2.17. The van der Waals surface area contributed by atoms with Crippen molar-refractivity contribution in [3.05, 3.63) is 28.1 Å². The molecule has 0 saturated heterocycles. The van der Waals surface area contributed by atoms with Gasteiger partial charge in [-0.3, -0.25) is 4.98 Å². The third-order valence-electron chi connectivity index (χ3n) is 3.92. The molecule has 0 radical (unpaired) electrons. The summed E-state index contributed by atoms with van der Waals surface area (Å²) >= 11 is 0. The van der Waals surface area contributed by atoms with Crippen LogP contribution in [-0.4, -0.2) is 4.98 Å². The maximum atomic E-state index is 4.72. The second kappa shape index (κ2) is 6.18. The van der Waals surface area contributed by atoms with Gasteiger partial charge in [-0.25, -0.2) is 0 Å². The number of hydrogen-bond acceptors (Lipinski definition) is 1. The second-order valence-corrected chi connectivity index (χ2v) is 5.22. The molecule has 1 heteroatoms. The molecule has 17 heavy (non-hydrogen) atoms. The maximum Gasteiger partial charge on any atom is 0.0413 e. The first-order chi connectivity index (χ1) is 8.02. The molecule has 0 atom stereocenters. The Morgan fingerprint density at radius 1 is 0.824 bits per heavy atom. The Morgan fingerprint density at radius 2 is 1.35 bits per heavy atom. The number of hydrogen-bond donors (Lipinski definition) is 0. The highest BCUT2D eigenvalue weighted by molar-refractivity contribution is 5.40. The molecule has 0 bridgehead atoms. The summed E-state index contributed by atoms with van der Waals surface area (Å²) in [5.41, 5.74) is 6.81. The zero-order valence-corrected chi connectivity index (χ0v) is 12.4. The van der Waals surface area contributed by atoms with Crippen LogP contribution >= 0.6 is 0 Å². The van der Waals surface area contributed by atoms with Crippen molar-refractivity contribution in [2.45, 2.75) is 73.1 Å². The first kappa shape index (κ1) is 14.2. The number of nitrogens with zero attached hydrogens (tertiary/aromatic N) is 1. The minimum Gasteiger partial charge on any atom is -0.258 e. The van der Waals surface area contributed by atoms with Crippen LogP contribution in [0.2, 0.25) is 0 Å². The molecule has 0 aliphatic rings. The van der Waals surface area contributed by atoms with Crippen molar-refractivity contribution >= 4 is 0 Å². The highest BCUT2D eigenvalue weighted by atomic mass is 14.7. The number of aromatic nitrogens is 1. The van der Waals surface area contributed by atoms with E-state index in [1.807, 2.05) is 0 Å². The van der Waals surface area contributed by atoms with Gasteiger partial charge in [0.05, 0.1) is 0 Å². The molecule has 1 aromatic rings. The third kappa shape index (κ3) is 3.08. The van der Waals surface area contributed by atoms with E-state index >= 15 is 0 Å². The van der Waals surface area contributed by atoms with Crippen molar-refractivity contribution in [2.75, 3.05) is 0 Å². The first-order valence-electron chi connectivity index (χ1n) is 6.97. The Kier molecular flexibility index (Phi) is 5.17. The van der Waals surface area contributed by atoms with Crippen LogP contribution in [-0.2, 0) is 0 Å². The van der Waals surface area contributed by atoms with Crippen LogP contribution in [0.3, 0.4) is 0 Å². The summed E-state index contributed by atoms with van der Waals surface area (Å²) in [5, 5.41) is 0. The average Bonchev–Trinajstić information content (AvgIpc) is 2.27. The summed E-state index contributed by atoms with van der Waals surface area (Å²) in [7, 11) is 0. The fraction of sp³-hybridized carbons (Fsp3) is 0.688. The summed E-state index contributed by atoms with van der Waals surface area (Å²) in [6, 6.07) is 0. The van der Waals surface area contributed by atoms with E-state index in [0.29, 0.717) is 5.92 Å². The maximum absolute atomic E-state index is 4.72. The summed E-state index contributed by atoms with van der Waals surface area (Å²) < 4.78 is 0. The summed E-state index contributed by atoms with van der Waals surface area (Å²) in [4.78, 5) is 4.72. The molecule has 0 fully saturated rings. The molecule has 0 spiro atoms. The number of pyridine rings is 1. The fourth-order valence-electron chi connectivity index (χ4n) is 2.87. The van der Waals surface area contributed by atoms with Crippen LogP contribution < -0.4 is 0 Å². The molecular formula is C16H27N. The van der Waals surface area contributed by atoms with E-state index in [1.165, 1.54) is 53.8 Å². The lowest BCUT2D eigenvalue weighted by Gasteiger charge is -2.22. The van der Waals surface area contributed by atoms with Gasteiger partial charge >= 0.3 is 0 Å². The van der Waals surface area contributed by atoms with Gasteiger partial charge in [0.15, 0.2) is 0 Å². The molecule has 0 unspecified atom stereocenters. The molecule has 0 aliphatic carbocycles. The molecule has 0 saturated carbocycles. The smallest absolute Gasteiger partial charge is 0.0413 e. The standard InChI is InChI=1S/C16H27N/c1-7-9-15(10-8-2)16-12(4)11(3)13(5)17-14(16)6/h15H,7-10H2,1-6H3. The lowest BCUT2D eigenvalue weighted by molar-refractivity contribution is 0.553. The molecule has 1 heterocycles. The van der Waals surface area contributed by atoms with Crippen LogP contribution in [0, 0.1) is 27.7 Å². The Balaban J connectivity index is 3.22. The van der Waals surface area contributed by atoms with Crippen LogP contribution in [0.15, 0.2) is 0 Å². The van der Waals surface area contributed by atoms with Gasteiger partial charge in [-0.2, -0.15) is 0 Å². The van der Waals surface area contributed by atoms with Gasteiger partial charge in [0.1, 0.15) is 0 Å². The monoisotopic (exact) mass is 233 g/mol. The van der Waals surface area contributed by atoms with E-state index in [9.17, 15) is 0 Å². The van der Waals surface area contributed by atoms with Crippen molar-refractivity contribution in [2.24, 2.45) is 0 Å². The van der Waals surface area contributed by atoms with Gasteiger partial charge in [-0.05, 0) is 63.1 Å². The van der Waals surface area contributed by atoms with Gasteiger partial charge in [0, 0.05) is 11.4 Å². The Labute approximate surface area is 107 Å². The van der Waals surface area contributed by atoms with Gasteiger partial charge in [0.2, 0.25) is 0 Å². The molecule has 96 valence electrons. The van der Waals surface area contributed by atoms with Crippen molar-refractivity contribution in [3.63, 3.8) is 0 Å². The normalized spacial score (nSPS) is 11.2. The van der Waals surface area contributed by atoms with Crippen molar-refractivity contribution in [1.29, 1.82) is 0 Å². The van der Waals surface area contributed by atoms with Crippen molar-refractivity contribution in [3.8, 4) is 0 Å². The van der Waals surface area contributed by atoms with Crippen LogP contribution in [0.5, 0.6) is 0 Å². The van der Waals surface area contributed by atoms with Crippen LogP contribution in [0.25, 0.3) is 0 Å². The van der Waals surface area contributed by atoms with Gasteiger partial charge in [0.25, 0.3) is 0 Å². The Bertz CT molecular complexity index is 374. The van der Waals surface area contributed by atoms with Gasteiger partial charge in [-0.1, -0.05) is 26.7 Å².